The van der Waals surface area contributed by atoms with Gasteiger partial charge in [-0.1, -0.05) is 31.9 Å². The van der Waals surface area contributed by atoms with E-state index in [1.54, 1.807) is 0 Å². The molecule has 1 unspecified atom stereocenters. The molecule has 0 aromatic heterocycles. The third-order valence-corrected chi connectivity index (χ3v) is 2.53. The SMILES string of the molecule is CC=CCCCC(=O)OC(C)CCCCC.O. The molecule has 3 heteroatoms. The molecular weight excluding hydrogens is 216 g/mol. The van der Waals surface area contributed by atoms with E-state index in [2.05, 4.69) is 13.0 Å². The van der Waals surface area contributed by atoms with Gasteiger partial charge in [0.15, 0.2) is 0 Å². The number of allylic oxidation sites excluding steroid dienone is 2. The lowest BCUT2D eigenvalue weighted by atomic mass is 10.1. The van der Waals surface area contributed by atoms with Crippen LogP contribution in [0.5, 0.6) is 0 Å². The molecule has 3 nitrogen and oxygen atoms in total. The summed E-state index contributed by atoms with van der Waals surface area (Å²) >= 11 is 0. The molecule has 17 heavy (non-hydrogen) atoms. The van der Waals surface area contributed by atoms with Gasteiger partial charge in [0, 0.05) is 6.42 Å². The number of hydrogen-bond acceptors (Lipinski definition) is 2. The molecule has 0 aliphatic rings. The van der Waals surface area contributed by atoms with Crippen molar-refractivity contribution in [2.45, 2.75) is 71.8 Å². The lowest BCUT2D eigenvalue weighted by molar-refractivity contribution is -0.148. The number of ether oxygens (including phenoxy) is 1. The molecule has 0 amide bonds. The standard InChI is InChI=1S/C14H26O2.H2O/c1-4-6-8-10-12-14(15)16-13(3)11-9-7-5-2;/h4,6,13H,5,7-12H2,1-3H3;1H2. The molecule has 0 aromatic carbocycles. The Morgan fingerprint density at radius 2 is 2.00 bits per heavy atom. The first-order valence-electron chi connectivity index (χ1n) is 6.51. The maximum absolute atomic E-state index is 11.4. The lowest BCUT2D eigenvalue weighted by Crippen LogP contribution is -2.14. The number of carbonyl (C=O) groups excluding carboxylic acids is 1. The summed E-state index contributed by atoms with van der Waals surface area (Å²) in [5, 5.41) is 0. The van der Waals surface area contributed by atoms with Crippen molar-refractivity contribution in [1.82, 2.24) is 0 Å². The van der Waals surface area contributed by atoms with Gasteiger partial charge in [0.25, 0.3) is 0 Å². The van der Waals surface area contributed by atoms with Crippen LogP contribution in [0.4, 0.5) is 0 Å². The van der Waals surface area contributed by atoms with E-state index in [1.165, 1.54) is 12.8 Å². The van der Waals surface area contributed by atoms with Gasteiger partial charge in [-0.3, -0.25) is 4.79 Å². The van der Waals surface area contributed by atoms with Crippen LogP contribution < -0.4 is 0 Å². The van der Waals surface area contributed by atoms with Crippen molar-refractivity contribution in [2.75, 3.05) is 0 Å². The summed E-state index contributed by atoms with van der Waals surface area (Å²) in [4.78, 5) is 11.4. The van der Waals surface area contributed by atoms with Gasteiger partial charge in [0.05, 0.1) is 6.10 Å². The Morgan fingerprint density at radius 3 is 2.59 bits per heavy atom. The van der Waals surface area contributed by atoms with Crippen LogP contribution >= 0.6 is 0 Å². The zero-order valence-electron chi connectivity index (χ0n) is 11.5. The van der Waals surface area contributed by atoms with Crippen molar-refractivity contribution in [3.8, 4) is 0 Å². The van der Waals surface area contributed by atoms with Crippen LogP contribution in [0.3, 0.4) is 0 Å². The average molecular weight is 244 g/mol. The second-order valence-corrected chi connectivity index (χ2v) is 4.26. The molecule has 0 aromatic rings. The molecule has 0 aliphatic carbocycles. The van der Waals surface area contributed by atoms with Crippen LogP contribution in [0.1, 0.15) is 65.7 Å². The third-order valence-electron chi connectivity index (χ3n) is 2.53. The molecule has 0 spiro atoms. The highest BCUT2D eigenvalue weighted by Gasteiger charge is 2.08. The van der Waals surface area contributed by atoms with Crippen LogP contribution in [0.25, 0.3) is 0 Å². The Labute approximate surface area is 106 Å². The van der Waals surface area contributed by atoms with Gasteiger partial charge in [0.2, 0.25) is 0 Å². The van der Waals surface area contributed by atoms with Crippen LogP contribution in [0.2, 0.25) is 0 Å². The number of hydrogen-bond donors (Lipinski definition) is 0. The molecule has 1 atom stereocenters. The first-order valence-corrected chi connectivity index (χ1v) is 6.51. The highest BCUT2D eigenvalue weighted by molar-refractivity contribution is 5.69. The summed E-state index contributed by atoms with van der Waals surface area (Å²) in [6, 6.07) is 0. The van der Waals surface area contributed by atoms with E-state index < -0.39 is 0 Å². The lowest BCUT2D eigenvalue weighted by Gasteiger charge is -2.12. The average Bonchev–Trinajstić information content (AvgIpc) is 2.25. The van der Waals surface area contributed by atoms with Crippen molar-refractivity contribution in [3.05, 3.63) is 12.2 Å². The monoisotopic (exact) mass is 244 g/mol. The van der Waals surface area contributed by atoms with Crippen LogP contribution in [0, 0.1) is 0 Å². The second kappa shape index (κ2) is 13.2. The smallest absolute Gasteiger partial charge is 0.306 e. The Kier molecular flexibility index (Phi) is 14.4. The molecule has 102 valence electrons. The highest BCUT2D eigenvalue weighted by atomic mass is 16.5. The summed E-state index contributed by atoms with van der Waals surface area (Å²) in [5.74, 6) is -0.0477. The largest absolute Gasteiger partial charge is 0.463 e. The first kappa shape index (κ1) is 18.5. The van der Waals surface area contributed by atoms with Crippen LogP contribution in [-0.4, -0.2) is 17.5 Å². The minimum atomic E-state index is -0.0477. The minimum Gasteiger partial charge on any atom is -0.463 e. The van der Waals surface area contributed by atoms with Gasteiger partial charge in [-0.2, -0.15) is 0 Å². The van der Waals surface area contributed by atoms with E-state index in [0.29, 0.717) is 6.42 Å². The fraction of sp³-hybridized carbons (Fsp3) is 0.786. The molecule has 0 bridgehead atoms. The molecule has 0 fully saturated rings. The van der Waals surface area contributed by atoms with Crippen molar-refractivity contribution in [2.24, 2.45) is 0 Å². The number of unbranched alkanes of at least 4 members (excludes halogenated alkanes) is 3. The van der Waals surface area contributed by atoms with Crippen LogP contribution in [-0.2, 0) is 9.53 Å². The fourth-order valence-corrected chi connectivity index (χ4v) is 1.55. The predicted molar refractivity (Wildman–Crippen MR) is 72.0 cm³/mol. The van der Waals surface area contributed by atoms with Gasteiger partial charge >= 0.3 is 5.97 Å². The normalized spacial score (nSPS) is 12.2. The second-order valence-electron chi connectivity index (χ2n) is 4.26. The van der Waals surface area contributed by atoms with Gasteiger partial charge in [-0.25, -0.2) is 0 Å². The topological polar surface area (TPSA) is 57.8 Å². The van der Waals surface area contributed by atoms with E-state index >= 15 is 0 Å². The summed E-state index contributed by atoms with van der Waals surface area (Å²) in [6.45, 7) is 6.16. The Hall–Kier alpha value is -0.830. The van der Waals surface area contributed by atoms with Gasteiger partial charge < -0.3 is 10.2 Å². The molecule has 0 heterocycles. The van der Waals surface area contributed by atoms with E-state index in [4.69, 9.17) is 4.74 Å². The van der Waals surface area contributed by atoms with Crippen molar-refractivity contribution < 1.29 is 15.0 Å². The first-order chi connectivity index (χ1) is 7.70. The molecule has 0 aliphatic heterocycles. The minimum absolute atomic E-state index is 0. The van der Waals surface area contributed by atoms with E-state index in [-0.39, 0.29) is 17.5 Å². The van der Waals surface area contributed by atoms with E-state index in [9.17, 15) is 4.79 Å². The number of esters is 1. The van der Waals surface area contributed by atoms with E-state index in [1.807, 2.05) is 19.9 Å². The number of rotatable bonds is 9. The molecule has 0 saturated heterocycles. The van der Waals surface area contributed by atoms with Crippen molar-refractivity contribution in [3.63, 3.8) is 0 Å². The van der Waals surface area contributed by atoms with E-state index in [0.717, 1.165) is 25.7 Å². The molecule has 0 saturated carbocycles. The molecule has 0 radical (unpaired) electrons. The molecular formula is C14H28O3. The van der Waals surface area contributed by atoms with Gasteiger partial charge in [0.1, 0.15) is 0 Å². The molecule has 2 N–H and O–H groups in total. The highest BCUT2D eigenvalue weighted by Crippen LogP contribution is 2.08. The van der Waals surface area contributed by atoms with Gasteiger partial charge in [-0.05, 0) is 39.5 Å². The van der Waals surface area contributed by atoms with Crippen molar-refractivity contribution >= 4 is 5.97 Å². The summed E-state index contributed by atoms with van der Waals surface area (Å²) in [5.41, 5.74) is 0. The number of carbonyl (C=O) groups is 1. The Balaban J connectivity index is 0. The fourth-order valence-electron chi connectivity index (χ4n) is 1.55. The zero-order chi connectivity index (χ0) is 12.2. The van der Waals surface area contributed by atoms with Crippen molar-refractivity contribution in [1.29, 1.82) is 0 Å². The zero-order valence-corrected chi connectivity index (χ0v) is 11.5. The Morgan fingerprint density at radius 1 is 1.29 bits per heavy atom. The summed E-state index contributed by atoms with van der Waals surface area (Å²) in [6.07, 6.45) is 11.2. The quantitative estimate of drug-likeness (QED) is 0.354. The van der Waals surface area contributed by atoms with Gasteiger partial charge in [-0.15, -0.1) is 0 Å². The third kappa shape index (κ3) is 13.1. The maximum Gasteiger partial charge on any atom is 0.306 e. The predicted octanol–water partition coefficient (Wildman–Crippen LogP) is 3.42. The molecule has 0 rings (SSSR count). The summed E-state index contributed by atoms with van der Waals surface area (Å²) < 4.78 is 5.31. The van der Waals surface area contributed by atoms with Crippen LogP contribution in [0.15, 0.2) is 12.2 Å². The maximum atomic E-state index is 11.4. The Bertz CT molecular complexity index is 200. The summed E-state index contributed by atoms with van der Waals surface area (Å²) in [7, 11) is 0.